The molecule has 1 atom stereocenters. The maximum Gasteiger partial charge on any atom is 0.317 e. The monoisotopic (exact) mass is 377 g/mol. The van der Waals surface area contributed by atoms with Crippen molar-refractivity contribution in [2.75, 3.05) is 33.2 Å². The van der Waals surface area contributed by atoms with Crippen LogP contribution in [-0.2, 0) is 6.42 Å². The number of benzene rings is 1. The van der Waals surface area contributed by atoms with Crippen molar-refractivity contribution in [1.29, 1.82) is 0 Å². The number of hydrogen-bond donors (Lipinski definition) is 2. The molecule has 1 aliphatic heterocycles. The fourth-order valence-electron chi connectivity index (χ4n) is 3.39. The van der Waals surface area contributed by atoms with Gasteiger partial charge in [0.1, 0.15) is 5.82 Å². The minimum Gasteiger partial charge on any atom is -0.342 e. The van der Waals surface area contributed by atoms with Crippen molar-refractivity contribution < 1.29 is 4.79 Å². The molecule has 0 aliphatic carbocycles. The second-order valence-electron chi connectivity index (χ2n) is 7.45. The second-order valence-corrected chi connectivity index (χ2v) is 7.88. The molecule has 0 unspecified atom stereocenters. The summed E-state index contributed by atoms with van der Waals surface area (Å²) in [6.07, 6.45) is 1.84. The minimum atomic E-state index is -0.0212. The van der Waals surface area contributed by atoms with Crippen molar-refractivity contribution in [3.05, 3.63) is 29.0 Å². The molecule has 142 valence electrons. The number of carbonyl (C=O) groups excluding carboxylic acids is 1. The van der Waals surface area contributed by atoms with E-state index in [4.69, 9.17) is 11.6 Å². The Hall–Kier alpha value is -1.79. The number of aromatic amines is 1. The topological polar surface area (TPSA) is 64.3 Å². The molecule has 1 fully saturated rings. The van der Waals surface area contributed by atoms with Crippen LogP contribution < -0.4 is 5.32 Å². The van der Waals surface area contributed by atoms with Crippen molar-refractivity contribution in [3.63, 3.8) is 0 Å². The molecule has 0 spiro atoms. The maximum atomic E-state index is 12.3. The van der Waals surface area contributed by atoms with E-state index in [-0.39, 0.29) is 6.03 Å². The van der Waals surface area contributed by atoms with Crippen LogP contribution in [0.5, 0.6) is 0 Å². The first-order chi connectivity index (χ1) is 12.4. The number of fused-ring (bicyclic) bond motifs is 1. The summed E-state index contributed by atoms with van der Waals surface area (Å²) < 4.78 is 0. The van der Waals surface area contributed by atoms with Crippen LogP contribution in [0.3, 0.4) is 0 Å². The Bertz CT molecular complexity index is 759. The summed E-state index contributed by atoms with van der Waals surface area (Å²) in [6.45, 7) is 8.01. The molecule has 0 saturated carbocycles. The van der Waals surface area contributed by atoms with Gasteiger partial charge in [-0.1, -0.05) is 11.6 Å². The molecule has 2 aromatic rings. The van der Waals surface area contributed by atoms with E-state index in [0.29, 0.717) is 29.9 Å². The number of carbonyl (C=O) groups is 1. The van der Waals surface area contributed by atoms with Gasteiger partial charge in [-0.3, -0.25) is 0 Å². The Kier molecular flexibility index (Phi) is 6.04. The Balaban J connectivity index is 1.43. The number of halogens is 1. The highest BCUT2D eigenvalue weighted by atomic mass is 35.5. The first-order valence-corrected chi connectivity index (χ1v) is 9.67. The zero-order valence-corrected chi connectivity index (χ0v) is 16.5. The Morgan fingerprint density at radius 1 is 1.50 bits per heavy atom. The van der Waals surface area contributed by atoms with Gasteiger partial charge in [0.15, 0.2) is 0 Å². The number of H-pyrrole nitrogens is 1. The van der Waals surface area contributed by atoms with Crippen molar-refractivity contribution in [2.45, 2.75) is 32.7 Å². The standard InChI is InChI=1S/C19H28ClN5O/c1-13(2)25-9-6-14(12-25)11-21-19(26)24(3)8-7-18-22-16-5-4-15(20)10-17(16)23-18/h4-5,10,13-14H,6-9,11-12H2,1-3H3,(H,21,26)(H,22,23)/t14-/m0/s1. The summed E-state index contributed by atoms with van der Waals surface area (Å²) >= 11 is 6.00. The molecule has 3 rings (SSSR count). The molecular formula is C19H28ClN5O. The van der Waals surface area contributed by atoms with Crippen LogP contribution in [-0.4, -0.2) is 65.1 Å². The van der Waals surface area contributed by atoms with Gasteiger partial charge in [-0.05, 0) is 50.9 Å². The molecule has 0 radical (unpaired) electrons. The van der Waals surface area contributed by atoms with Crippen LogP contribution in [0.25, 0.3) is 11.0 Å². The molecule has 2 N–H and O–H groups in total. The van der Waals surface area contributed by atoms with E-state index < -0.39 is 0 Å². The molecule has 1 aromatic carbocycles. The number of rotatable bonds is 6. The van der Waals surface area contributed by atoms with Gasteiger partial charge >= 0.3 is 6.03 Å². The van der Waals surface area contributed by atoms with E-state index in [9.17, 15) is 4.79 Å². The first-order valence-electron chi connectivity index (χ1n) is 9.29. The third kappa shape index (κ3) is 4.68. The van der Waals surface area contributed by atoms with E-state index in [1.165, 1.54) is 0 Å². The van der Waals surface area contributed by atoms with Crippen molar-refractivity contribution in [1.82, 2.24) is 25.1 Å². The Morgan fingerprint density at radius 2 is 2.31 bits per heavy atom. The number of likely N-dealkylation sites (N-methyl/N-ethyl adjacent to an activating group) is 1. The third-order valence-electron chi connectivity index (χ3n) is 5.11. The van der Waals surface area contributed by atoms with Gasteiger partial charge in [0.2, 0.25) is 0 Å². The third-order valence-corrected chi connectivity index (χ3v) is 5.35. The van der Waals surface area contributed by atoms with Gasteiger partial charge in [0, 0.05) is 44.2 Å². The number of likely N-dealkylation sites (tertiary alicyclic amines) is 1. The van der Waals surface area contributed by atoms with E-state index in [1.807, 2.05) is 25.2 Å². The molecular weight excluding hydrogens is 350 g/mol. The predicted molar refractivity (Wildman–Crippen MR) is 106 cm³/mol. The van der Waals surface area contributed by atoms with Crippen molar-refractivity contribution >= 4 is 28.7 Å². The number of aromatic nitrogens is 2. The summed E-state index contributed by atoms with van der Waals surface area (Å²) in [7, 11) is 1.82. The summed E-state index contributed by atoms with van der Waals surface area (Å²) in [5.41, 5.74) is 1.82. The van der Waals surface area contributed by atoms with E-state index in [2.05, 4.69) is 34.0 Å². The Morgan fingerprint density at radius 3 is 3.04 bits per heavy atom. The highest BCUT2D eigenvalue weighted by Gasteiger charge is 2.24. The quantitative estimate of drug-likeness (QED) is 0.812. The summed E-state index contributed by atoms with van der Waals surface area (Å²) in [5.74, 6) is 1.42. The molecule has 1 aliphatic rings. The lowest BCUT2D eigenvalue weighted by atomic mass is 10.1. The lowest BCUT2D eigenvalue weighted by Crippen LogP contribution is -2.41. The number of amides is 2. The molecule has 2 amide bonds. The average Bonchev–Trinajstić information content (AvgIpc) is 3.23. The van der Waals surface area contributed by atoms with Crippen LogP contribution in [0.2, 0.25) is 5.02 Å². The van der Waals surface area contributed by atoms with Crippen LogP contribution in [0.4, 0.5) is 4.79 Å². The van der Waals surface area contributed by atoms with Crippen LogP contribution in [0.15, 0.2) is 18.2 Å². The molecule has 1 aromatic heterocycles. The fourth-order valence-corrected chi connectivity index (χ4v) is 3.57. The first kappa shape index (κ1) is 19.0. The number of nitrogens with zero attached hydrogens (tertiary/aromatic N) is 3. The minimum absolute atomic E-state index is 0.0212. The largest absolute Gasteiger partial charge is 0.342 e. The van der Waals surface area contributed by atoms with E-state index in [1.54, 1.807) is 4.90 Å². The zero-order chi connectivity index (χ0) is 18.7. The second kappa shape index (κ2) is 8.27. The van der Waals surface area contributed by atoms with Gasteiger partial charge in [-0.2, -0.15) is 0 Å². The molecule has 6 nitrogen and oxygen atoms in total. The predicted octanol–water partition coefficient (Wildman–Crippen LogP) is 3.13. The SMILES string of the molecule is CC(C)N1CC[C@@H](CNC(=O)N(C)CCc2nc3ccc(Cl)cc3[nH]2)C1. The lowest BCUT2D eigenvalue weighted by molar-refractivity contribution is 0.206. The molecule has 26 heavy (non-hydrogen) atoms. The number of nitrogens with one attached hydrogen (secondary N) is 2. The molecule has 2 heterocycles. The summed E-state index contributed by atoms with van der Waals surface area (Å²) in [6, 6.07) is 6.16. The average molecular weight is 378 g/mol. The molecule has 7 heteroatoms. The summed E-state index contributed by atoms with van der Waals surface area (Å²) in [5, 5.41) is 3.75. The number of urea groups is 1. The maximum absolute atomic E-state index is 12.3. The van der Waals surface area contributed by atoms with Crippen molar-refractivity contribution in [2.24, 2.45) is 5.92 Å². The molecule has 1 saturated heterocycles. The fraction of sp³-hybridized carbons (Fsp3) is 0.579. The highest BCUT2D eigenvalue weighted by Crippen LogP contribution is 2.18. The van der Waals surface area contributed by atoms with Crippen molar-refractivity contribution in [3.8, 4) is 0 Å². The highest BCUT2D eigenvalue weighted by molar-refractivity contribution is 6.31. The molecule has 0 bridgehead atoms. The van der Waals surface area contributed by atoms with Gasteiger partial charge in [-0.15, -0.1) is 0 Å². The Labute approximate surface area is 159 Å². The lowest BCUT2D eigenvalue weighted by Gasteiger charge is -2.21. The zero-order valence-electron chi connectivity index (χ0n) is 15.8. The smallest absolute Gasteiger partial charge is 0.317 e. The van der Waals surface area contributed by atoms with E-state index >= 15 is 0 Å². The van der Waals surface area contributed by atoms with Crippen LogP contribution in [0.1, 0.15) is 26.1 Å². The van der Waals surface area contributed by atoms with Crippen LogP contribution >= 0.6 is 11.6 Å². The van der Waals surface area contributed by atoms with Gasteiger partial charge in [0.05, 0.1) is 11.0 Å². The van der Waals surface area contributed by atoms with Crippen LogP contribution in [0, 0.1) is 5.92 Å². The normalized spacial score (nSPS) is 18.0. The number of imidazole rings is 1. The van der Waals surface area contributed by atoms with Gasteiger partial charge < -0.3 is 20.1 Å². The van der Waals surface area contributed by atoms with Gasteiger partial charge in [-0.25, -0.2) is 9.78 Å². The summed E-state index contributed by atoms with van der Waals surface area (Å²) in [4.78, 5) is 24.3. The van der Waals surface area contributed by atoms with Gasteiger partial charge in [0.25, 0.3) is 0 Å². The van der Waals surface area contributed by atoms with E-state index in [0.717, 1.165) is 42.9 Å². The number of hydrogen-bond acceptors (Lipinski definition) is 3.